The summed E-state index contributed by atoms with van der Waals surface area (Å²) in [4.78, 5) is 71.7. The van der Waals surface area contributed by atoms with Crippen molar-refractivity contribution < 1.29 is 44.0 Å². The van der Waals surface area contributed by atoms with Gasteiger partial charge in [0, 0.05) is 60.9 Å². The number of carboxylic acid groups (broad SMARTS) is 4. The summed E-state index contributed by atoms with van der Waals surface area (Å²) in [7, 11) is 0. The average Bonchev–Trinajstić information content (AvgIpc) is 3.32. The Labute approximate surface area is 312 Å². The van der Waals surface area contributed by atoms with Gasteiger partial charge in [-0.1, -0.05) is 18.2 Å². The topological polar surface area (TPSA) is 242 Å². The van der Waals surface area contributed by atoms with Crippen molar-refractivity contribution in [2.24, 2.45) is 0 Å². The maximum atomic E-state index is 13.5. The second-order valence-electron chi connectivity index (χ2n) is 12.2. The lowest BCUT2D eigenvalue weighted by molar-refractivity contribution is -0.134. The quantitative estimate of drug-likeness (QED) is 0.121. The van der Waals surface area contributed by atoms with Crippen molar-refractivity contribution >= 4 is 46.6 Å². The largest absolute Gasteiger partial charge is 0.478 e. The molecule has 5 heterocycles. The van der Waals surface area contributed by atoms with Crippen LogP contribution in [0.25, 0.3) is 16.8 Å². The van der Waals surface area contributed by atoms with Crippen LogP contribution in [0.1, 0.15) is 36.1 Å². The maximum absolute atomic E-state index is 13.5. The smallest absolute Gasteiger partial charge is 0.328 e. The Balaban J connectivity index is 0.000000354. The van der Waals surface area contributed by atoms with Crippen LogP contribution in [0.4, 0.5) is 10.3 Å². The molecule has 1 fully saturated rings. The number of benzene rings is 1. The number of aromatic nitrogens is 6. The number of fused-ring (bicyclic) bond motifs is 2. The van der Waals surface area contributed by atoms with E-state index in [1.54, 1.807) is 28.9 Å². The van der Waals surface area contributed by atoms with E-state index in [4.69, 9.17) is 25.4 Å². The third-order valence-corrected chi connectivity index (χ3v) is 8.27. The van der Waals surface area contributed by atoms with Gasteiger partial charge < -0.3 is 30.6 Å². The summed E-state index contributed by atoms with van der Waals surface area (Å²) in [5.41, 5.74) is 4.75. The summed E-state index contributed by atoms with van der Waals surface area (Å²) in [6, 6.07) is 12.4. The van der Waals surface area contributed by atoms with E-state index in [-0.39, 0.29) is 17.4 Å². The van der Waals surface area contributed by atoms with Crippen LogP contribution < -0.4 is 10.9 Å². The van der Waals surface area contributed by atoms with Crippen molar-refractivity contribution in [3.05, 3.63) is 118 Å². The highest BCUT2D eigenvalue weighted by molar-refractivity contribution is 5.90. The normalized spacial score (nSPS) is 14.5. The minimum atomic E-state index is -1.26. The number of nitrogens with zero attached hydrogens (tertiary/aromatic N) is 7. The van der Waals surface area contributed by atoms with Gasteiger partial charge in [-0.3, -0.25) is 13.8 Å². The molecule has 17 nitrogen and oxygen atoms in total. The SMILES string of the molecule is Cc1nc2ccccn2c(=O)c1CCN1CCCC(Nc2nc3cncnc3n2Cc2ccc(F)cc2)CC1.O=C(O)C=CC(=O)O.O=C(O)C=CC(=O)O. The molecule has 1 aliphatic rings. The number of nitrogens with one attached hydrogen (secondary N) is 1. The molecule has 0 aliphatic carbocycles. The van der Waals surface area contributed by atoms with Crippen LogP contribution in [0, 0.1) is 12.7 Å². The summed E-state index contributed by atoms with van der Waals surface area (Å²) in [5.74, 6) is -4.53. The molecule has 0 saturated carbocycles. The zero-order chi connectivity index (χ0) is 39.9. The Bertz CT molecular complexity index is 2190. The Morgan fingerprint density at radius 2 is 1.55 bits per heavy atom. The highest BCUT2D eigenvalue weighted by Crippen LogP contribution is 2.22. The van der Waals surface area contributed by atoms with Crippen molar-refractivity contribution in [3.63, 3.8) is 0 Å². The van der Waals surface area contributed by atoms with E-state index in [0.717, 1.165) is 72.8 Å². The van der Waals surface area contributed by atoms with Gasteiger partial charge in [-0.15, -0.1) is 0 Å². The molecule has 18 heteroatoms. The highest BCUT2D eigenvalue weighted by Gasteiger charge is 2.21. The van der Waals surface area contributed by atoms with E-state index in [0.29, 0.717) is 42.9 Å². The first-order valence-corrected chi connectivity index (χ1v) is 16.9. The molecule has 1 aromatic carbocycles. The maximum Gasteiger partial charge on any atom is 0.328 e. The molecule has 6 rings (SSSR count). The number of hydrogen-bond donors (Lipinski definition) is 5. The average molecular weight is 759 g/mol. The summed E-state index contributed by atoms with van der Waals surface area (Å²) in [6.07, 6.45) is 11.0. The number of carbonyl (C=O) groups is 4. The summed E-state index contributed by atoms with van der Waals surface area (Å²) >= 11 is 0. The number of rotatable bonds is 11. The van der Waals surface area contributed by atoms with Crippen LogP contribution in [-0.4, -0.2) is 104 Å². The molecule has 1 atom stereocenters. The molecular formula is C37H39FN8O9. The van der Waals surface area contributed by atoms with E-state index in [1.807, 2.05) is 29.7 Å². The lowest BCUT2D eigenvalue weighted by atomic mass is 10.1. The summed E-state index contributed by atoms with van der Waals surface area (Å²) in [5, 5.41) is 34.9. The number of pyridine rings is 1. The van der Waals surface area contributed by atoms with Crippen LogP contribution in [0.5, 0.6) is 0 Å². The van der Waals surface area contributed by atoms with Gasteiger partial charge in [0.05, 0.1) is 12.7 Å². The van der Waals surface area contributed by atoms with Crippen LogP contribution in [0.2, 0.25) is 0 Å². The number of imidazole rings is 1. The van der Waals surface area contributed by atoms with E-state index in [2.05, 4.69) is 25.2 Å². The van der Waals surface area contributed by atoms with Gasteiger partial charge in [0.2, 0.25) is 5.95 Å². The molecule has 0 bridgehead atoms. The number of carboxylic acids is 4. The fraction of sp³-hybridized carbons (Fsp3) is 0.270. The van der Waals surface area contributed by atoms with Crippen molar-refractivity contribution in [1.29, 1.82) is 0 Å². The Morgan fingerprint density at radius 3 is 2.18 bits per heavy atom. The standard InChI is InChI=1S/C29H31FN8O.2C4H4O4/c1-20-24(28(39)37-14-3-2-6-26(37)33-20)12-16-36-13-4-5-23(11-15-36)34-29-35-25-17-31-19-32-27(25)38(29)18-21-7-9-22(30)10-8-21;2*5-3(6)1-2-4(7)8/h2-3,6-10,14,17,19,23H,4-5,11-13,15-16,18H2,1H3,(H,34,35);2*1-2H,(H,5,6)(H,7,8). The Hall–Kier alpha value is -6.82. The molecule has 4 aromatic heterocycles. The van der Waals surface area contributed by atoms with Crippen LogP contribution in [0.3, 0.4) is 0 Å². The first-order chi connectivity index (χ1) is 26.3. The third-order valence-electron chi connectivity index (χ3n) is 8.27. The molecule has 55 heavy (non-hydrogen) atoms. The third kappa shape index (κ3) is 12.7. The molecule has 288 valence electrons. The van der Waals surface area contributed by atoms with Crippen molar-refractivity contribution in [2.45, 2.75) is 45.2 Å². The van der Waals surface area contributed by atoms with Gasteiger partial charge in [-0.2, -0.15) is 0 Å². The van der Waals surface area contributed by atoms with Crippen molar-refractivity contribution in [3.8, 4) is 0 Å². The molecule has 0 amide bonds. The number of hydrogen-bond acceptors (Lipinski definition) is 11. The second kappa shape index (κ2) is 19.9. The van der Waals surface area contributed by atoms with E-state index in [1.165, 1.54) is 18.5 Å². The highest BCUT2D eigenvalue weighted by atomic mass is 19.1. The lowest BCUT2D eigenvalue weighted by Crippen LogP contribution is -2.31. The van der Waals surface area contributed by atoms with E-state index >= 15 is 0 Å². The second-order valence-corrected chi connectivity index (χ2v) is 12.2. The van der Waals surface area contributed by atoms with Crippen molar-refractivity contribution in [1.82, 2.24) is 33.8 Å². The minimum Gasteiger partial charge on any atom is -0.478 e. The number of likely N-dealkylation sites (tertiary alicyclic amines) is 1. The molecule has 1 unspecified atom stereocenters. The van der Waals surface area contributed by atoms with Gasteiger partial charge in [0.25, 0.3) is 5.56 Å². The number of aryl methyl sites for hydroxylation is 1. The predicted molar refractivity (Wildman–Crippen MR) is 197 cm³/mol. The van der Waals surface area contributed by atoms with Gasteiger partial charge >= 0.3 is 23.9 Å². The summed E-state index contributed by atoms with van der Waals surface area (Å²) < 4.78 is 17.1. The van der Waals surface area contributed by atoms with Crippen LogP contribution in [0.15, 0.2) is 90.3 Å². The van der Waals surface area contributed by atoms with Gasteiger partial charge in [-0.05, 0) is 69.0 Å². The van der Waals surface area contributed by atoms with Gasteiger partial charge in [0.15, 0.2) is 5.65 Å². The van der Waals surface area contributed by atoms with Gasteiger partial charge in [0.1, 0.15) is 23.3 Å². The molecular weight excluding hydrogens is 719 g/mol. The predicted octanol–water partition coefficient (Wildman–Crippen LogP) is 3.26. The number of anilines is 1. The lowest BCUT2D eigenvalue weighted by Gasteiger charge is -2.21. The molecule has 5 N–H and O–H groups in total. The van der Waals surface area contributed by atoms with Crippen molar-refractivity contribution in [2.75, 3.05) is 25.0 Å². The first kappa shape index (κ1) is 40.9. The molecule has 0 radical (unpaired) electrons. The zero-order valence-corrected chi connectivity index (χ0v) is 29.7. The Morgan fingerprint density at radius 1 is 0.891 bits per heavy atom. The zero-order valence-electron chi connectivity index (χ0n) is 29.7. The molecule has 0 spiro atoms. The molecule has 5 aromatic rings. The van der Waals surface area contributed by atoms with E-state index < -0.39 is 23.9 Å². The fourth-order valence-electron chi connectivity index (χ4n) is 5.70. The van der Waals surface area contributed by atoms with Crippen LogP contribution in [-0.2, 0) is 32.1 Å². The van der Waals surface area contributed by atoms with E-state index in [9.17, 15) is 28.4 Å². The first-order valence-electron chi connectivity index (χ1n) is 16.9. The monoisotopic (exact) mass is 758 g/mol. The molecule has 1 aliphatic heterocycles. The molecule has 1 saturated heterocycles. The number of aliphatic carboxylic acids is 4. The Kier molecular flexibility index (Phi) is 14.8. The van der Waals surface area contributed by atoms with Gasteiger partial charge in [-0.25, -0.2) is 43.5 Å². The summed E-state index contributed by atoms with van der Waals surface area (Å²) in [6.45, 7) is 5.19. The fourth-order valence-corrected chi connectivity index (χ4v) is 5.70. The minimum absolute atomic E-state index is 0.0237. The van der Waals surface area contributed by atoms with Crippen LogP contribution >= 0.6 is 0 Å². The number of halogens is 1.